The second-order valence-corrected chi connectivity index (χ2v) is 4.08. The first-order chi connectivity index (χ1) is 6.15. The molecule has 0 radical (unpaired) electrons. The topological polar surface area (TPSA) is 20.3 Å². The third-order valence-corrected chi connectivity index (χ3v) is 3.38. The molecule has 0 aromatic rings. The molecule has 76 valence electrons. The van der Waals surface area contributed by atoms with E-state index in [0.29, 0.717) is 5.78 Å². The minimum atomic E-state index is -0.151. The van der Waals surface area contributed by atoms with Gasteiger partial charge in [0.1, 0.15) is 0 Å². The summed E-state index contributed by atoms with van der Waals surface area (Å²) in [6.45, 7) is 8.35. The van der Waals surface area contributed by atoms with Gasteiger partial charge in [-0.2, -0.15) is 0 Å². The summed E-state index contributed by atoms with van der Waals surface area (Å²) in [6.07, 6.45) is 4.13. The van der Waals surface area contributed by atoms with E-state index in [9.17, 15) is 4.79 Å². The first kappa shape index (κ1) is 10.7. The molecule has 0 heterocycles. The molecule has 2 nitrogen and oxygen atoms in total. The highest BCUT2D eigenvalue weighted by molar-refractivity contribution is 5.88. The molecule has 0 aliphatic heterocycles. The van der Waals surface area contributed by atoms with Crippen molar-refractivity contribution in [2.75, 3.05) is 13.1 Å². The average Bonchev–Trinajstić information content (AvgIpc) is 2.12. The van der Waals surface area contributed by atoms with Gasteiger partial charge in [-0.3, -0.25) is 9.69 Å². The van der Waals surface area contributed by atoms with E-state index >= 15 is 0 Å². The molecule has 0 bridgehead atoms. The van der Waals surface area contributed by atoms with E-state index in [4.69, 9.17) is 0 Å². The van der Waals surface area contributed by atoms with Crippen LogP contribution in [-0.2, 0) is 4.79 Å². The number of carbonyl (C=O) groups is 1. The van der Waals surface area contributed by atoms with E-state index in [1.807, 2.05) is 0 Å². The van der Waals surface area contributed by atoms with Crippen LogP contribution in [0.4, 0.5) is 0 Å². The number of ketones is 1. The van der Waals surface area contributed by atoms with Crippen LogP contribution in [0.5, 0.6) is 0 Å². The Bertz CT molecular complexity index is 187. The molecule has 1 aliphatic rings. The summed E-state index contributed by atoms with van der Waals surface area (Å²) >= 11 is 0. The van der Waals surface area contributed by atoms with E-state index in [1.165, 1.54) is 6.42 Å². The normalized spacial score (nSPS) is 29.7. The van der Waals surface area contributed by atoms with Gasteiger partial charge >= 0.3 is 0 Å². The highest BCUT2D eigenvalue weighted by Gasteiger charge is 2.38. The van der Waals surface area contributed by atoms with E-state index in [0.717, 1.165) is 32.4 Å². The molecule has 0 unspecified atom stereocenters. The van der Waals surface area contributed by atoms with Gasteiger partial charge in [-0.25, -0.2) is 0 Å². The number of hydrogen-bond donors (Lipinski definition) is 0. The summed E-state index contributed by atoms with van der Waals surface area (Å²) in [7, 11) is 0. The number of likely N-dealkylation sites (N-methyl/N-ethyl adjacent to an activating group) is 1. The van der Waals surface area contributed by atoms with Crippen LogP contribution >= 0.6 is 0 Å². The van der Waals surface area contributed by atoms with Gasteiger partial charge in [0.25, 0.3) is 0 Å². The molecule has 1 aliphatic carbocycles. The largest absolute Gasteiger partial charge is 0.298 e. The Hall–Kier alpha value is -0.370. The second kappa shape index (κ2) is 4.23. The number of hydrogen-bond acceptors (Lipinski definition) is 2. The summed E-state index contributed by atoms with van der Waals surface area (Å²) in [6, 6.07) is 0. The first-order valence-electron chi connectivity index (χ1n) is 5.43. The minimum absolute atomic E-state index is 0.151. The van der Waals surface area contributed by atoms with Crippen molar-refractivity contribution in [2.24, 2.45) is 0 Å². The molecule has 1 rings (SSSR count). The van der Waals surface area contributed by atoms with Crippen molar-refractivity contribution in [3.8, 4) is 0 Å². The molecule has 0 aromatic carbocycles. The van der Waals surface area contributed by atoms with Crippen LogP contribution in [0.15, 0.2) is 0 Å². The maximum absolute atomic E-state index is 11.8. The lowest BCUT2D eigenvalue weighted by molar-refractivity contribution is -0.132. The van der Waals surface area contributed by atoms with Crippen molar-refractivity contribution < 1.29 is 4.79 Å². The van der Waals surface area contributed by atoms with Gasteiger partial charge in [-0.15, -0.1) is 0 Å². The van der Waals surface area contributed by atoms with Crippen molar-refractivity contribution in [2.45, 2.75) is 52.0 Å². The van der Waals surface area contributed by atoms with Gasteiger partial charge < -0.3 is 0 Å². The molecule has 0 N–H and O–H groups in total. The fourth-order valence-corrected chi connectivity index (χ4v) is 2.42. The molecule has 0 spiro atoms. The van der Waals surface area contributed by atoms with Gasteiger partial charge in [0, 0.05) is 6.42 Å². The van der Waals surface area contributed by atoms with Crippen LogP contribution < -0.4 is 0 Å². The number of Topliss-reactive ketones (excluding diaryl/α,β-unsaturated/α-hetero) is 1. The lowest BCUT2D eigenvalue weighted by atomic mass is 9.80. The van der Waals surface area contributed by atoms with E-state index in [-0.39, 0.29) is 5.54 Å². The Kier molecular flexibility index (Phi) is 3.48. The van der Waals surface area contributed by atoms with Crippen molar-refractivity contribution in [3.05, 3.63) is 0 Å². The first-order valence-corrected chi connectivity index (χ1v) is 5.43. The summed E-state index contributed by atoms with van der Waals surface area (Å²) in [5.74, 6) is 0.447. The minimum Gasteiger partial charge on any atom is -0.298 e. The molecule has 1 saturated carbocycles. The van der Waals surface area contributed by atoms with Gasteiger partial charge in [0.05, 0.1) is 5.54 Å². The Morgan fingerprint density at radius 1 is 1.31 bits per heavy atom. The zero-order valence-electron chi connectivity index (χ0n) is 9.10. The van der Waals surface area contributed by atoms with Crippen molar-refractivity contribution in [1.82, 2.24) is 4.90 Å². The monoisotopic (exact) mass is 183 g/mol. The Balaban J connectivity index is 2.75. The average molecular weight is 183 g/mol. The van der Waals surface area contributed by atoms with E-state index in [2.05, 4.69) is 25.7 Å². The van der Waals surface area contributed by atoms with Crippen LogP contribution in [0.1, 0.15) is 46.5 Å². The third-order valence-electron chi connectivity index (χ3n) is 3.38. The van der Waals surface area contributed by atoms with E-state index in [1.54, 1.807) is 0 Å². The van der Waals surface area contributed by atoms with Gasteiger partial charge in [0.15, 0.2) is 5.78 Å². The van der Waals surface area contributed by atoms with Gasteiger partial charge in [-0.1, -0.05) is 20.3 Å². The molecular weight excluding hydrogens is 162 g/mol. The fourth-order valence-electron chi connectivity index (χ4n) is 2.42. The van der Waals surface area contributed by atoms with Crippen LogP contribution in [-0.4, -0.2) is 29.3 Å². The Morgan fingerprint density at radius 2 is 1.92 bits per heavy atom. The summed E-state index contributed by atoms with van der Waals surface area (Å²) in [5.41, 5.74) is -0.151. The quantitative estimate of drug-likeness (QED) is 0.668. The number of nitrogens with zero attached hydrogens (tertiary/aromatic N) is 1. The molecule has 0 saturated heterocycles. The van der Waals surface area contributed by atoms with Gasteiger partial charge in [-0.05, 0) is 32.9 Å². The smallest absolute Gasteiger partial charge is 0.152 e. The molecule has 1 atom stereocenters. The van der Waals surface area contributed by atoms with Crippen molar-refractivity contribution >= 4 is 5.78 Å². The van der Waals surface area contributed by atoms with Gasteiger partial charge in [0.2, 0.25) is 0 Å². The zero-order valence-corrected chi connectivity index (χ0v) is 9.10. The van der Waals surface area contributed by atoms with E-state index < -0.39 is 0 Å². The molecule has 0 aromatic heterocycles. The predicted molar refractivity (Wildman–Crippen MR) is 54.8 cm³/mol. The highest BCUT2D eigenvalue weighted by atomic mass is 16.1. The molecule has 2 heteroatoms. The maximum atomic E-state index is 11.8. The van der Waals surface area contributed by atoms with Crippen LogP contribution in [0, 0.1) is 0 Å². The summed E-state index contributed by atoms with van der Waals surface area (Å²) in [4.78, 5) is 14.1. The van der Waals surface area contributed by atoms with Crippen molar-refractivity contribution in [1.29, 1.82) is 0 Å². The lowest BCUT2D eigenvalue weighted by Crippen LogP contribution is -2.53. The SMILES string of the molecule is CCN(CC)[C@@]1(C)CCCCC1=O. The predicted octanol–water partition coefficient (Wildman–Crippen LogP) is 2.23. The Morgan fingerprint density at radius 3 is 2.38 bits per heavy atom. The Labute approximate surface area is 81.3 Å². The molecule has 13 heavy (non-hydrogen) atoms. The molecule has 0 amide bonds. The highest BCUT2D eigenvalue weighted by Crippen LogP contribution is 2.29. The molecule has 1 fully saturated rings. The lowest BCUT2D eigenvalue weighted by Gasteiger charge is -2.41. The van der Waals surface area contributed by atoms with Crippen LogP contribution in [0.25, 0.3) is 0 Å². The van der Waals surface area contributed by atoms with Crippen LogP contribution in [0.3, 0.4) is 0 Å². The maximum Gasteiger partial charge on any atom is 0.152 e. The number of rotatable bonds is 3. The number of carbonyl (C=O) groups excluding carboxylic acids is 1. The summed E-state index contributed by atoms with van der Waals surface area (Å²) in [5, 5.41) is 0. The van der Waals surface area contributed by atoms with Crippen molar-refractivity contribution in [3.63, 3.8) is 0 Å². The van der Waals surface area contributed by atoms with Crippen LogP contribution in [0.2, 0.25) is 0 Å². The third kappa shape index (κ3) is 1.93. The standard InChI is InChI=1S/C11H21NO/c1-4-12(5-2)11(3)9-7-6-8-10(11)13/h4-9H2,1-3H3/t11-/m0/s1. The fraction of sp³-hybridized carbons (Fsp3) is 0.909. The zero-order chi connectivity index (χ0) is 9.90. The second-order valence-electron chi connectivity index (χ2n) is 4.08. The summed E-state index contributed by atoms with van der Waals surface area (Å²) < 4.78 is 0. The molecular formula is C11H21NO.